The average molecular weight is 995 g/mol. The lowest BCUT2D eigenvalue weighted by molar-refractivity contribution is -0.192. The zero-order valence-corrected chi connectivity index (χ0v) is 39.8. The molecule has 0 aliphatic carbocycles. The molecule has 0 spiro atoms. The number of nitrogens with one attached hydrogen (secondary N) is 7. The van der Waals surface area contributed by atoms with E-state index in [-0.39, 0.29) is 31.6 Å². The molecule has 0 saturated carbocycles. The van der Waals surface area contributed by atoms with Gasteiger partial charge in [-0.25, -0.2) is 9.59 Å². The van der Waals surface area contributed by atoms with Crippen molar-refractivity contribution < 1.29 is 66.5 Å². The van der Waals surface area contributed by atoms with Gasteiger partial charge in [0.1, 0.15) is 30.2 Å². The number of carboxylic acids is 2. The molecule has 21 nitrogen and oxygen atoms in total. The van der Waals surface area contributed by atoms with Crippen LogP contribution in [-0.4, -0.2) is 132 Å². The molecule has 0 saturated heterocycles. The lowest BCUT2D eigenvalue weighted by Crippen LogP contribution is -2.58. The molecule has 0 aliphatic heterocycles. The number of unbranched alkanes of at least 4 members (excludes halogenated alkanes) is 2. The second-order valence-electron chi connectivity index (χ2n) is 16.9. The van der Waals surface area contributed by atoms with Crippen LogP contribution in [0.3, 0.4) is 0 Å². The molecule has 390 valence electrons. The Kier molecular flexibility index (Phi) is 28.2. The summed E-state index contributed by atoms with van der Waals surface area (Å²) in [5, 5.41) is 34.9. The normalized spacial score (nSPS) is 13.7. The Balaban J connectivity index is 0.00000323. The molecule has 24 heteroatoms. The molecule has 2 rings (SSSR count). The smallest absolute Gasteiger partial charge is 0.480 e. The third-order valence-corrected chi connectivity index (χ3v) is 10.4. The Morgan fingerprint density at radius 3 is 1.36 bits per heavy atom. The van der Waals surface area contributed by atoms with E-state index in [1.165, 1.54) is 0 Å². The quantitative estimate of drug-likeness (QED) is 0.0468. The SMILES string of the molecule is CC(C)[C@H](N)C(=O)N[C@@H](CCCCN)C(=O)N[C@@H](Cc1ccccc1)C(=O)NCC(=O)N[C@H](C(=O)NCC(=O)N[C@@H](Cc1ccccc1)C(=O)N[C@@H](CCCCN)C(=O)O)C(C)C.O=C(O)C(F)(F)F. The number of benzene rings is 2. The zero-order chi connectivity index (χ0) is 53.0. The summed E-state index contributed by atoms with van der Waals surface area (Å²) in [5.74, 6) is -9.41. The first-order chi connectivity index (χ1) is 32.9. The first kappa shape index (κ1) is 61.4. The Bertz CT molecular complexity index is 2000. The van der Waals surface area contributed by atoms with Crippen LogP contribution < -0.4 is 54.4 Å². The van der Waals surface area contributed by atoms with Gasteiger partial charge in [-0.05, 0) is 74.6 Å². The van der Waals surface area contributed by atoms with Crippen LogP contribution in [0.15, 0.2) is 60.7 Å². The number of halogens is 3. The second-order valence-corrected chi connectivity index (χ2v) is 16.9. The van der Waals surface area contributed by atoms with Crippen LogP contribution in [0.5, 0.6) is 0 Å². The van der Waals surface area contributed by atoms with Crippen molar-refractivity contribution in [2.45, 2.75) is 121 Å². The highest BCUT2D eigenvalue weighted by atomic mass is 19.4. The van der Waals surface area contributed by atoms with Gasteiger partial charge in [-0.15, -0.1) is 0 Å². The Morgan fingerprint density at radius 2 is 0.929 bits per heavy atom. The molecular weight excluding hydrogens is 926 g/mol. The summed E-state index contributed by atoms with van der Waals surface area (Å²) in [6.45, 7) is 6.48. The first-order valence-corrected chi connectivity index (χ1v) is 22.7. The number of carbonyl (C=O) groups excluding carboxylic acids is 7. The van der Waals surface area contributed by atoms with Crippen molar-refractivity contribution in [1.82, 2.24) is 37.2 Å². The van der Waals surface area contributed by atoms with Crippen molar-refractivity contribution in [3.05, 3.63) is 71.8 Å². The molecule has 2 aromatic rings. The van der Waals surface area contributed by atoms with Crippen molar-refractivity contribution in [3.63, 3.8) is 0 Å². The molecule has 2 aromatic carbocycles. The topological polar surface area (TPSA) is 356 Å². The number of hydrogen-bond donors (Lipinski definition) is 12. The molecule has 7 amide bonds. The van der Waals surface area contributed by atoms with Crippen LogP contribution in [0, 0.1) is 11.8 Å². The lowest BCUT2D eigenvalue weighted by Gasteiger charge is -2.25. The fourth-order valence-electron chi connectivity index (χ4n) is 6.32. The maximum Gasteiger partial charge on any atom is 0.490 e. The number of hydrogen-bond acceptors (Lipinski definition) is 12. The molecule has 6 atom stereocenters. The minimum atomic E-state index is -5.08. The lowest BCUT2D eigenvalue weighted by atomic mass is 10.0. The number of nitrogens with two attached hydrogens (primary N) is 3. The van der Waals surface area contributed by atoms with Crippen molar-refractivity contribution in [3.8, 4) is 0 Å². The summed E-state index contributed by atoms with van der Waals surface area (Å²) >= 11 is 0. The van der Waals surface area contributed by atoms with Crippen LogP contribution in [-0.2, 0) is 56.0 Å². The third kappa shape index (κ3) is 24.6. The summed E-state index contributed by atoms with van der Waals surface area (Å²) in [6.07, 6.45) is -2.45. The largest absolute Gasteiger partial charge is 0.490 e. The van der Waals surface area contributed by atoms with Crippen LogP contribution in [0.2, 0.25) is 0 Å². The molecule has 70 heavy (non-hydrogen) atoms. The molecule has 0 heterocycles. The standard InChI is InChI=1S/C44H68N10O9.C2HF3O2/c1-27(2)37(47)42(60)51-31(19-11-13-21-45)40(58)53-33(23-29-15-7-5-8-16-29)39(57)48-26-36(56)54-38(28(3)4)43(61)49-25-35(55)50-34(24-30-17-9-6-10-18-30)41(59)52-32(44(62)63)20-12-14-22-46;3-2(4,5)1(6)7/h5-10,15-18,27-28,31-34,37-38H,11-14,19-26,45-47H2,1-4H3,(H,48,57)(H,49,61)(H,50,55)(H,51,60)(H,52,59)(H,53,58)(H,54,56)(H,62,63);(H,6,7)/t31-,32-,33-,34-,37-,38-;/m0./s1. The van der Waals surface area contributed by atoms with Gasteiger partial charge in [0.2, 0.25) is 41.4 Å². The van der Waals surface area contributed by atoms with Gasteiger partial charge in [-0.3, -0.25) is 33.6 Å². The molecule has 0 radical (unpaired) electrons. The van der Waals surface area contributed by atoms with E-state index in [1.54, 1.807) is 88.4 Å². The van der Waals surface area contributed by atoms with E-state index in [0.29, 0.717) is 49.9 Å². The van der Waals surface area contributed by atoms with Crippen LogP contribution in [0.25, 0.3) is 0 Å². The van der Waals surface area contributed by atoms with Crippen LogP contribution >= 0.6 is 0 Å². The Morgan fingerprint density at radius 1 is 0.529 bits per heavy atom. The number of amides is 7. The predicted octanol–water partition coefficient (Wildman–Crippen LogP) is -0.257. The minimum Gasteiger partial charge on any atom is -0.480 e. The minimum absolute atomic E-state index is 0.0344. The van der Waals surface area contributed by atoms with E-state index in [2.05, 4.69) is 37.2 Å². The van der Waals surface area contributed by atoms with Gasteiger partial charge in [-0.1, -0.05) is 88.4 Å². The van der Waals surface area contributed by atoms with E-state index < -0.39 is 115 Å². The Labute approximate surface area is 404 Å². The molecular formula is C46H69F3N10O11. The highest BCUT2D eigenvalue weighted by molar-refractivity contribution is 5.96. The number of aliphatic carboxylic acids is 2. The van der Waals surface area contributed by atoms with E-state index in [9.17, 15) is 56.6 Å². The molecule has 0 aliphatic rings. The van der Waals surface area contributed by atoms with Gasteiger partial charge in [0.15, 0.2) is 0 Å². The summed E-state index contributed by atoms with van der Waals surface area (Å²) in [6, 6.07) is 11.1. The van der Waals surface area contributed by atoms with E-state index in [0.717, 1.165) is 0 Å². The molecule has 0 aromatic heterocycles. The van der Waals surface area contributed by atoms with Gasteiger partial charge in [0, 0.05) is 12.8 Å². The Hall–Kier alpha value is -6.66. The van der Waals surface area contributed by atoms with Crippen molar-refractivity contribution >= 4 is 53.3 Å². The van der Waals surface area contributed by atoms with Gasteiger partial charge < -0.3 is 64.6 Å². The summed E-state index contributed by atoms with van der Waals surface area (Å²) < 4.78 is 31.7. The predicted molar refractivity (Wildman–Crippen MR) is 251 cm³/mol. The molecule has 15 N–H and O–H groups in total. The van der Waals surface area contributed by atoms with Crippen LogP contribution in [0.4, 0.5) is 13.2 Å². The number of carbonyl (C=O) groups is 9. The first-order valence-electron chi connectivity index (χ1n) is 22.7. The summed E-state index contributed by atoms with van der Waals surface area (Å²) in [7, 11) is 0. The van der Waals surface area contributed by atoms with Crippen molar-refractivity contribution in [2.75, 3.05) is 26.2 Å². The summed E-state index contributed by atoms with van der Waals surface area (Å²) in [5.41, 5.74) is 18.6. The van der Waals surface area contributed by atoms with Gasteiger partial charge in [-0.2, -0.15) is 13.2 Å². The maximum atomic E-state index is 13.6. The van der Waals surface area contributed by atoms with E-state index in [1.807, 2.05) is 0 Å². The molecule has 0 fully saturated rings. The fraction of sp³-hybridized carbons (Fsp3) is 0.543. The molecule has 0 unspecified atom stereocenters. The van der Waals surface area contributed by atoms with Crippen molar-refractivity contribution in [1.29, 1.82) is 0 Å². The van der Waals surface area contributed by atoms with Gasteiger partial charge in [0.25, 0.3) is 0 Å². The number of alkyl halides is 3. The second kappa shape index (κ2) is 32.2. The fourth-order valence-corrected chi connectivity index (χ4v) is 6.32. The van der Waals surface area contributed by atoms with Crippen molar-refractivity contribution in [2.24, 2.45) is 29.0 Å². The monoisotopic (exact) mass is 995 g/mol. The highest BCUT2D eigenvalue weighted by Crippen LogP contribution is 2.13. The zero-order valence-electron chi connectivity index (χ0n) is 39.8. The third-order valence-electron chi connectivity index (χ3n) is 10.4. The van der Waals surface area contributed by atoms with Crippen LogP contribution in [0.1, 0.15) is 77.3 Å². The average Bonchev–Trinajstić information content (AvgIpc) is 3.30. The number of carboxylic acid groups (broad SMARTS) is 2. The van der Waals surface area contributed by atoms with Gasteiger partial charge >= 0.3 is 18.1 Å². The maximum absolute atomic E-state index is 13.6. The highest BCUT2D eigenvalue weighted by Gasteiger charge is 2.38. The number of rotatable bonds is 29. The van der Waals surface area contributed by atoms with Gasteiger partial charge in [0.05, 0.1) is 19.1 Å². The van der Waals surface area contributed by atoms with E-state index in [4.69, 9.17) is 27.1 Å². The molecule has 0 bridgehead atoms. The van der Waals surface area contributed by atoms with E-state index >= 15 is 0 Å². The summed E-state index contributed by atoms with van der Waals surface area (Å²) in [4.78, 5) is 114.